The van der Waals surface area contributed by atoms with Gasteiger partial charge in [-0.2, -0.15) is 0 Å². The van der Waals surface area contributed by atoms with Gasteiger partial charge >= 0.3 is 6.03 Å². The summed E-state index contributed by atoms with van der Waals surface area (Å²) in [5, 5.41) is 5.95. The molecule has 0 atom stereocenters. The lowest BCUT2D eigenvalue weighted by Crippen LogP contribution is -2.41. The monoisotopic (exact) mass is 408 g/mol. The number of thiophene rings is 1. The highest BCUT2D eigenvalue weighted by molar-refractivity contribution is 7.99. The number of hydrogen-bond donors (Lipinski definition) is 2. The van der Waals surface area contributed by atoms with Crippen LogP contribution >= 0.6 is 23.1 Å². The van der Waals surface area contributed by atoms with Gasteiger partial charge in [0, 0.05) is 18.0 Å². The molecule has 0 unspecified atom stereocenters. The van der Waals surface area contributed by atoms with E-state index in [0.29, 0.717) is 34.4 Å². The van der Waals surface area contributed by atoms with Crippen LogP contribution in [0, 0.1) is 19.8 Å². The first-order valence-electron chi connectivity index (χ1n) is 8.56. The van der Waals surface area contributed by atoms with Crippen LogP contribution in [-0.4, -0.2) is 33.8 Å². The number of aryl methyl sites for hydroxylation is 2. The van der Waals surface area contributed by atoms with Gasteiger partial charge in [-0.15, -0.1) is 17.9 Å². The molecule has 9 heteroatoms. The smallest absolute Gasteiger partial charge is 0.321 e. The van der Waals surface area contributed by atoms with E-state index < -0.39 is 11.9 Å². The van der Waals surface area contributed by atoms with Crippen LogP contribution in [0.15, 0.2) is 22.6 Å². The minimum absolute atomic E-state index is 0.0203. The normalized spacial score (nSPS) is 11.0. The first kappa shape index (κ1) is 21.2. The number of fused-ring (bicyclic) bond motifs is 1. The zero-order valence-electron chi connectivity index (χ0n) is 15.9. The molecule has 0 aromatic carbocycles. The third kappa shape index (κ3) is 5.20. The third-order valence-corrected chi connectivity index (χ3v) is 5.90. The Balaban J connectivity index is 2.17. The van der Waals surface area contributed by atoms with Gasteiger partial charge in [-0.1, -0.05) is 31.7 Å². The second-order valence-electron chi connectivity index (χ2n) is 6.50. The molecule has 0 bridgehead atoms. The quantitative estimate of drug-likeness (QED) is 0.417. The number of aromatic nitrogens is 2. The standard InChI is InChI=1S/C18H24N4O3S2/c1-6-7-22-16(24)14-11(4)12(5)27-15(14)21-18(22)26-9-13(23)20-17(25)19-8-10(2)3/h6,10H,1,7-9H2,2-5H3,(H2,19,20,23,25). The number of thioether (sulfide) groups is 1. The van der Waals surface area contributed by atoms with Gasteiger partial charge in [0.2, 0.25) is 5.91 Å². The number of amides is 3. The molecule has 146 valence electrons. The molecule has 0 radical (unpaired) electrons. The predicted octanol–water partition coefficient (Wildman–Crippen LogP) is 2.83. The van der Waals surface area contributed by atoms with Crippen LogP contribution in [-0.2, 0) is 11.3 Å². The predicted molar refractivity (Wildman–Crippen MR) is 111 cm³/mol. The Kier molecular flexibility index (Phi) is 7.20. The van der Waals surface area contributed by atoms with Crippen LogP contribution in [0.2, 0.25) is 0 Å². The molecule has 3 amide bonds. The van der Waals surface area contributed by atoms with E-state index in [-0.39, 0.29) is 11.3 Å². The number of nitrogens with zero attached hydrogens (tertiary/aromatic N) is 2. The van der Waals surface area contributed by atoms with Crippen LogP contribution in [0.25, 0.3) is 10.2 Å². The van der Waals surface area contributed by atoms with Gasteiger partial charge in [0.15, 0.2) is 5.16 Å². The zero-order valence-corrected chi connectivity index (χ0v) is 17.6. The van der Waals surface area contributed by atoms with E-state index in [1.54, 1.807) is 6.08 Å². The first-order chi connectivity index (χ1) is 12.7. The highest BCUT2D eigenvalue weighted by Gasteiger charge is 2.17. The van der Waals surface area contributed by atoms with E-state index in [2.05, 4.69) is 22.2 Å². The molecular weight excluding hydrogens is 384 g/mol. The number of nitrogens with one attached hydrogen (secondary N) is 2. The molecule has 2 heterocycles. The number of allylic oxidation sites excluding steroid dienone is 1. The summed E-state index contributed by atoms with van der Waals surface area (Å²) in [6.45, 7) is 12.3. The minimum Gasteiger partial charge on any atom is -0.338 e. The number of rotatable bonds is 7. The summed E-state index contributed by atoms with van der Waals surface area (Å²) in [5.41, 5.74) is 0.792. The van der Waals surface area contributed by atoms with Gasteiger partial charge in [0.05, 0.1) is 11.1 Å². The van der Waals surface area contributed by atoms with E-state index in [1.165, 1.54) is 15.9 Å². The van der Waals surface area contributed by atoms with Crippen LogP contribution in [0.5, 0.6) is 0 Å². The number of carbonyl (C=O) groups excluding carboxylic acids is 2. The number of imide groups is 1. The Hall–Kier alpha value is -2.13. The van der Waals surface area contributed by atoms with Crippen LogP contribution in [0.3, 0.4) is 0 Å². The fraction of sp³-hybridized carbons (Fsp3) is 0.444. The summed E-state index contributed by atoms with van der Waals surface area (Å²) in [7, 11) is 0. The molecule has 2 aromatic heterocycles. The van der Waals surface area contributed by atoms with Crippen LogP contribution in [0.1, 0.15) is 24.3 Å². The zero-order chi connectivity index (χ0) is 20.1. The SMILES string of the molecule is C=CCn1c(SCC(=O)NC(=O)NCC(C)C)nc2sc(C)c(C)c2c1=O. The lowest BCUT2D eigenvalue weighted by Gasteiger charge is -2.11. The molecule has 7 nitrogen and oxygen atoms in total. The minimum atomic E-state index is -0.523. The molecule has 0 fully saturated rings. The van der Waals surface area contributed by atoms with Crippen LogP contribution < -0.4 is 16.2 Å². The Labute approximate surface area is 166 Å². The van der Waals surface area contributed by atoms with Gasteiger partial charge in [-0.05, 0) is 25.3 Å². The van der Waals surface area contributed by atoms with E-state index in [9.17, 15) is 14.4 Å². The van der Waals surface area contributed by atoms with Crippen LogP contribution in [0.4, 0.5) is 4.79 Å². The number of carbonyl (C=O) groups is 2. The highest BCUT2D eigenvalue weighted by Crippen LogP contribution is 2.28. The second kappa shape index (κ2) is 9.18. The maximum atomic E-state index is 12.8. The molecule has 2 rings (SSSR count). The Morgan fingerprint density at radius 3 is 2.70 bits per heavy atom. The van der Waals surface area contributed by atoms with Crippen molar-refractivity contribution in [2.24, 2.45) is 5.92 Å². The Bertz CT molecular complexity index is 931. The molecule has 0 aliphatic carbocycles. The summed E-state index contributed by atoms with van der Waals surface area (Å²) in [6, 6.07) is -0.523. The van der Waals surface area contributed by atoms with Gasteiger partial charge < -0.3 is 5.32 Å². The average molecular weight is 409 g/mol. The fourth-order valence-corrected chi connectivity index (χ4v) is 4.22. The van der Waals surface area contributed by atoms with Gasteiger partial charge in [-0.3, -0.25) is 19.5 Å². The molecule has 0 aliphatic heterocycles. The molecule has 2 N–H and O–H groups in total. The lowest BCUT2D eigenvalue weighted by molar-refractivity contribution is -0.117. The number of hydrogen-bond acceptors (Lipinski definition) is 6. The van der Waals surface area contributed by atoms with Crippen molar-refractivity contribution in [2.75, 3.05) is 12.3 Å². The molecule has 0 saturated carbocycles. The van der Waals surface area contributed by atoms with Crippen molar-refractivity contribution in [2.45, 2.75) is 39.4 Å². The summed E-state index contributed by atoms with van der Waals surface area (Å²) in [5.74, 6) is -0.172. The topological polar surface area (TPSA) is 93.1 Å². The van der Waals surface area contributed by atoms with Crippen molar-refractivity contribution in [3.63, 3.8) is 0 Å². The lowest BCUT2D eigenvalue weighted by atomic mass is 10.2. The molecular formula is C18H24N4O3S2. The van der Waals surface area contributed by atoms with Crippen molar-refractivity contribution < 1.29 is 9.59 Å². The summed E-state index contributed by atoms with van der Waals surface area (Å²) in [4.78, 5) is 42.8. The second-order valence-corrected chi connectivity index (χ2v) is 8.65. The molecule has 0 aliphatic rings. The molecule has 0 saturated heterocycles. The molecule has 2 aromatic rings. The van der Waals surface area contributed by atoms with E-state index >= 15 is 0 Å². The third-order valence-electron chi connectivity index (χ3n) is 3.82. The maximum Gasteiger partial charge on any atom is 0.321 e. The van der Waals surface area contributed by atoms with Gasteiger partial charge in [-0.25, -0.2) is 9.78 Å². The van der Waals surface area contributed by atoms with Crippen molar-refractivity contribution in [1.29, 1.82) is 0 Å². The largest absolute Gasteiger partial charge is 0.338 e. The Morgan fingerprint density at radius 1 is 1.37 bits per heavy atom. The maximum absolute atomic E-state index is 12.8. The van der Waals surface area contributed by atoms with E-state index in [4.69, 9.17) is 0 Å². The van der Waals surface area contributed by atoms with Crippen molar-refractivity contribution >= 4 is 45.3 Å². The summed E-state index contributed by atoms with van der Waals surface area (Å²) in [6.07, 6.45) is 1.62. The van der Waals surface area contributed by atoms with E-state index in [1.807, 2.05) is 27.7 Å². The first-order valence-corrected chi connectivity index (χ1v) is 10.4. The number of urea groups is 1. The van der Waals surface area contributed by atoms with Crippen molar-refractivity contribution in [1.82, 2.24) is 20.2 Å². The van der Waals surface area contributed by atoms with Gasteiger partial charge in [0.1, 0.15) is 4.83 Å². The highest BCUT2D eigenvalue weighted by atomic mass is 32.2. The average Bonchev–Trinajstić information content (AvgIpc) is 2.88. The van der Waals surface area contributed by atoms with Crippen molar-refractivity contribution in [3.8, 4) is 0 Å². The molecule has 27 heavy (non-hydrogen) atoms. The summed E-state index contributed by atoms with van der Waals surface area (Å²) >= 11 is 2.58. The molecule has 0 spiro atoms. The van der Waals surface area contributed by atoms with E-state index in [0.717, 1.165) is 22.2 Å². The van der Waals surface area contributed by atoms with Crippen molar-refractivity contribution in [3.05, 3.63) is 33.4 Å². The fourth-order valence-electron chi connectivity index (χ4n) is 2.34. The van der Waals surface area contributed by atoms with Gasteiger partial charge in [0.25, 0.3) is 5.56 Å². The Morgan fingerprint density at radius 2 is 2.07 bits per heavy atom. The summed E-state index contributed by atoms with van der Waals surface area (Å²) < 4.78 is 1.51.